The molecule has 0 fully saturated rings. The van der Waals surface area contributed by atoms with E-state index in [9.17, 15) is 0 Å². The number of benzene rings is 1. The van der Waals surface area contributed by atoms with Crippen LogP contribution in [-0.4, -0.2) is 37.7 Å². The van der Waals surface area contributed by atoms with E-state index in [1.165, 1.54) is 5.56 Å². The Morgan fingerprint density at radius 2 is 2.04 bits per heavy atom. The number of rotatable bonds is 9. The van der Waals surface area contributed by atoms with Crippen LogP contribution in [0.4, 0.5) is 0 Å². The molecule has 0 bridgehead atoms. The first-order valence-electron chi connectivity index (χ1n) is 8.64. The summed E-state index contributed by atoms with van der Waals surface area (Å²) in [5.41, 5.74) is 2.34. The molecule has 2 aromatic rings. The van der Waals surface area contributed by atoms with Crippen LogP contribution >= 0.6 is 35.3 Å². The number of nitrogens with zero attached hydrogens (tertiary/aromatic N) is 2. The molecule has 7 heteroatoms. The number of hydrogen-bond donors (Lipinski definition) is 2. The number of halogens is 1. The van der Waals surface area contributed by atoms with Crippen molar-refractivity contribution in [3.8, 4) is 0 Å². The van der Waals surface area contributed by atoms with Crippen molar-refractivity contribution in [3.05, 3.63) is 52.0 Å². The molecule has 1 heterocycles. The Hall–Kier alpha value is -1.19. The van der Waals surface area contributed by atoms with Gasteiger partial charge >= 0.3 is 0 Å². The highest BCUT2D eigenvalue weighted by atomic mass is 127. The van der Waals surface area contributed by atoms with Crippen molar-refractivity contribution in [2.45, 2.75) is 26.9 Å². The zero-order chi connectivity index (χ0) is 17.9. The molecule has 0 saturated carbocycles. The molecule has 1 aromatic heterocycles. The zero-order valence-corrected chi connectivity index (χ0v) is 18.8. The van der Waals surface area contributed by atoms with Crippen LogP contribution in [0.25, 0.3) is 0 Å². The summed E-state index contributed by atoms with van der Waals surface area (Å²) in [6.45, 7) is 7.22. The van der Waals surface area contributed by atoms with E-state index in [-0.39, 0.29) is 24.0 Å². The predicted molar refractivity (Wildman–Crippen MR) is 121 cm³/mol. The highest BCUT2D eigenvalue weighted by Crippen LogP contribution is 2.07. The van der Waals surface area contributed by atoms with Crippen LogP contribution in [0.15, 0.2) is 40.7 Å². The highest BCUT2D eigenvalue weighted by molar-refractivity contribution is 14.0. The first kappa shape index (κ1) is 22.9. The number of aryl methyl sites for hydroxylation is 1. The van der Waals surface area contributed by atoms with Crippen LogP contribution in [0.1, 0.15) is 23.2 Å². The van der Waals surface area contributed by atoms with Gasteiger partial charge in [0.25, 0.3) is 0 Å². The summed E-state index contributed by atoms with van der Waals surface area (Å²) in [5, 5.41) is 9.90. The molecule has 0 saturated heterocycles. The number of thiazole rings is 1. The number of guanidine groups is 1. The van der Waals surface area contributed by atoms with Crippen LogP contribution < -0.4 is 10.6 Å². The monoisotopic (exact) mass is 488 g/mol. The van der Waals surface area contributed by atoms with E-state index in [0.717, 1.165) is 42.8 Å². The van der Waals surface area contributed by atoms with Gasteiger partial charge in [-0.1, -0.05) is 37.3 Å². The Labute approximate surface area is 177 Å². The van der Waals surface area contributed by atoms with E-state index in [1.54, 1.807) is 18.4 Å². The number of hydrogen-bond acceptors (Lipinski definition) is 4. The minimum Gasteiger partial charge on any atom is -0.376 e. The van der Waals surface area contributed by atoms with Gasteiger partial charge in [0.15, 0.2) is 5.96 Å². The van der Waals surface area contributed by atoms with Crippen LogP contribution in [0.5, 0.6) is 0 Å². The van der Waals surface area contributed by atoms with Crippen molar-refractivity contribution in [2.75, 3.05) is 26.7 Å². The van der Waals surface area contributed by atoms with E-state index >= 15 is 0 Å². The molecule has 0 amide bonds. The average molecular weight is 488 g/mol. The van der Waals surface area contributed by atoms with E-state index in [0.29, 0.717) is 12.5 Å². The van der Waals surface area contributed by atoms with Gasteiger partial charge in [0.1, 0.15) is 0 Å². The van der Waals surface area contributed by atoms with E-state index in [1.807, 2.05) is 25.1 Å². The second-order valence-electron chi connectivity index (χ2n) is 6.09. The van der Waals surface area contributed by atoms with Gasteiger partial charge in [-0.3, -0.25) is 4.99 Å². The smallest absolute Gasteiger partial charge is 0.190 e. The summed E-state index contributed by atoms with van der Waals surface area (Å²) < 4.78 is 5.78. The molecule has 1 aromatic carbocycles. The van der Waals surface area contributed by atoms with Gasteiger partial charge in [0.2, 0.25) is 0 Å². The fraction of sp³-hybridized carbons (Fsp3) is 0.474. The topological polar surface area (TPSA) is 58.5 Å². The Balaban J connectivity index is 0.00000338. The van der Waals surface area contributed by atoms with Gasteiger partial charge in [-0.05, 0) is 18.4 Å². The SMILES string of the molecule is CN=C(NCCc1csc(C)n1)NCC(C)COCc1ccccc1.I. The largest absolute Gasteiger partial charge is 0.376 e. The molecule has 1 unspecified atom stereocenters. The van der Waals surface area contributed by atoms with Gasteiger partial charge < -0.3 is 15.4 Å². The third-order valence-electron chi connectivity index (χ3n) is 3.70. The second kappa shape index (κ2) is 13.1. The van der Waals surface area contributed by atoms with Gasteiger partial charge in [0, 0.05) is 31.9 Å². The molecule has 0 aliphatic heterocycles. The minimum absolute atomic E-state index is 0. The molecular formula is C19H29IN4OS. The maximum absolute atomic E-state index is 5.78. The van der Waals surface area contributed by atoms with Crippen molar-refractivity contribution in [2.24, 2.45) is 10.9 Å². The van der Waals surface area contributed by atoms with E-state index in [4.69, 9.17) is 4.74 Å². The zero-order valence-electron chi connectivity index (χ0n) is 15.7. The molecule has 2 rings (SSSR count). The van der Waals surface area contributed by atoms with Gasteiger partial charge in [-0.2, -0.15) is 0 Å². The Morgan fingerprint density at radius 1 is 1.27 bits per heavy atom. The van der Waals surface area contributed by atoms with Crippen LogP contribution in [0.2, 0.25) is 0 Å². The van der Waals surface area contributed by atoms with Crippen molar-refractivity contribution < 1.29 is 4.74 Å². The lowest BCUT2D eigenvalue weighted by molar-refractivity contribution is 0.0931. The number of ether oxygens (including phenoxy) is 1. The number of aromatic nitrogens is 1. The molecule has 5 nitrogen and oxygen atoms in total. The van der Waals surface area contributed by atoms with E-state index < -0.39 is 0 Å². The summed E-state index contributed by atoms with van der Waals surface area (Å²) in [6.07, 6.45) is 0.904. The molecule has 2 N–H and O–H groups in total. The van der Waals surface area contributed by atoms with Crippen molar-refractivity contribution in [3.63, 3.8) is 0 Å². The van der Waals surface area contributed by atoms with Gasteiger partial charge in [-0.25, -0.2) is 4.98 Å². The first-order valence-corrected chi connectivity index (χ1v) is 9.52. The summed E-state index contributed by atoms with van der Waals surface area (Å²) in [7, 11) is 1.79. The standard InChI is InChI=1S/C19H28N4OS.HI/c1-15(12-24-13-17-7-5-4-6-8-17)11-22-19(20-3)21-10-9-18-14-25-16(2)23-18;/h4-8,14-15H,9-13H2,1-3H3,(H2,20,21,22);1H. The number of aliphatic imine (C=N–C) groups is 1. The molecule has 0 aliphatic carbocycles. The van der Waals surface area contributed by atoms with Gasteiger partial charge in [-0.15, -0.1) is 35.3 Å². The number of nitrogens with one attached hydrogen (secondary N) is 2. The quantitative estimate of drug-likeness (QED) is 0.322. The maximum Gasteiger partial charge on any atom is 0.190 e. The molecule has 1 atom stereocenters. The Morgan fingerprint density at radius 3 is 2.69 bits per heavy atom. The fourth-order valence-corrected chi connectivity index (χ4v) is 2.98. The lowest BCUT2D eigenvalue weighted by Crippen LogP contribution is -2.40. The molecule has 144 valence electrons. The average Bonchev–Trinajstić information content (AvgIpc) is 3.04. The van der Waals surface area contributed by atoms with Gasteiger partial charge in [0.05, 0.1) is 23.9 Å². The predicted octanol–water partition coefficient (Wildman–Crippen LogP) is 3.63. The second-order valence-corrected chi connectivity index (χ2v) is 7.16. The fourth-order valence-electron chi connectivity index (χ4n) is 2.33. The van der Waals surface area contributed by atoms with Crippen LogP contribution in [-0.2, 0) is 17.8 Å². The molecule has 0 radical (unpaired) electrons. The van der Waals surface area contributed by atoms with Crippen molar-refractivity contribution in [1.82, 2.24) is 15.6 Å². The summed E-state index contributed by atoms with van der Waals surface area (Å²) in [4.78, 5) is 8.73. The lowest BCUT2D eigenvalue weighted by Gasteiger charge is -2.16. The van der Waals surface area contributed by atoms with E-state index in [2.05, 4.69) is 45.0 Å². The molecule has 0 spiro atoms. The normalized spacial score (nSPS) is 12.3. The summed E-state index contributed by atoms with van der Waals surface area (Å²) in [6, 6.07) is 10.2. The van der Waals surface area contributed by atoms with Crippen LogP contribution in [0, 0.1) is 12.8 Å². The van der Waals surface area contributed by atoms with Crippen LogP contribution in [0.3, 0.4) is 0 Å². The van der Waals surface area contributed by atoms with Crippen molar-refractivity contribution >= 4 is 41.3 Å². The third kappa shape index (κ3) is 8.95. The first-order chi connectivity index (χ1) is 12.2. The lowest BCUT2D eigenvalue weighted by atomic mass is 10.2. The highest BCUT2D eigenvalue weighted by Gasteiger charge is 2.05. The molecular weight excluding hydrogens is 459 g/mol. The Kier molecular flexibility index (Phi) is 11.5. The minimum atomic E-state index is 0. The third-order valence-corrected chi connectivity index (χ3v) is 4.52. The molecule has 26 heavy (non-hydrogen) atoms. The Bertz CT molecular complexity index is 648. The molecule has 0 aliphatic rings. The summed E-state index contributed by atoms with van der Waals surface area (Å²) in [5.74, 6) is 1.23. The maximum atomic E-state index is 5.78. The van der Waals surface area contributed by atoms with Crippen molar-refractivity contribution in [1.29, 1.82) is 0 Å². The summed E-state index contributed by atoms with van der Waals surface area (Å²) >= 11 is 1.69.